The van der Waals surface area contributed by atoms with Crippen LogP contribution in [0.3, 0.4) is 0 Å². The van der Waals surface area contributed by atoms with Crippen molar-refractivity contribution in [3.8, 4) is 0 Å². The minimum absolute atomic E-state index is 0.127. The summed E-state index contributed by atoms with van der Waals surface area (Å²) in [6, 6.07) is 5.64. The van der Waals surface area contributed by atoms with Crippen LogP contribution in [0.4, 0.5) is 5.13 Å². The van der Waals surface area contributed by atoms with E-state index in [4.69, 9.17) is 0 Å². The molecule has 17 heavy (non-hydrogen) atoms. The van der Waals surface area contributed by atoms with Gasteiger partial charge in [-0.05, 0) is 31.5 Å². The van der Waals surface area contributed by atoms with Crippen LogP contribution in [0.25, 0.3) is 0 Å². The van der Waals surface area contributed by atoms with Gasteiger partial charge in [-0.3, -0.25) is 10.1 Å². The fourth-order valence-corrected chi connectivity index (χ4v) is 2.46. The lowest BCUT2D eigenvalue weighted by Gasteiger charge is -2.05. The third-order valence-electron chi connectivity index (χ3n) is 2.28. The van der Waals surface area contributed by atoms with Crippen LogP contribution in [0, 0.1) is 13.8 Å². The molecule has 0 aliphatic rings. The van der Waals surface area contributed by atoms with Crippen molar-refractivity contribution in [1.29, 1.82) is 0 Å². The van der Waals surface area contributed by atoms with Gasteiger partial charge in [0.15, 0.2) is 5.13 Å². The highest BCUT2D eigenvalue weighted by Gasteiger charge is 2.11. The number of hydrogen-bond donors (Lipinski definition) is 1. The van der Waals surface area contributed by atoms with Crippen LogP contribution >= 0.6 is 27.3 Å². The lowest BCUT2D eigenvalue weighted by atomic mass is 10.1. The average molecular weight is 311 g/mol. The van der Waals surface area contributed by atoms with E-state index in [1.54, 1.807) is 0 Å². The molecule has 1 N–H and O–H groups in total. The van der Waals surface area contributed by atoms with Crippen LogP contribution in [-0.2, 0) is 0 Å². The molecule has 1 aromatic heterocycles. The van der Waals surface area contributed by atoms with Crippen molar-refractivity contribution >= 4 is 38.3 Å². The van der Waals surface area contributed by atoms with Gasteiger partial charge < -0.3 is 0 Å². The minimum atomic E-state index is -0.127. The van der Waals surface area contributed by atoms with Crippen molar-refractivity contribution < 1.29 is 4.79 Å². The highest BCUT2D eigenvalue weighted by molar-refractivity contribution is 9.10. The second-order valence-corrected chi connectivity index (χ2v) is 5.48. The average Bonchev–Trinajstić information content (AvgIpc) is 2.67. The summed E-state index contributed by atoms with van der Waals surface area (Å²) < 4.78 is 0.892. The molecule has 0 unspecified atom stereocenters. The lowest BCUT2D eigenvalue weighted by molar-refractivity contribution is 0.102. The van der Waals surface area contributed by atoms with Gasteiger partial charge in [-0.25, -0.2) is 4.98 Å². The van der Waals surface area contributed by atoms with Gasteiger partial charge in [0.1, 0.15) is 0 Å². The summed E-state index contributed by atoms with van der Waals surface area (Å²) in [7, 11) is 0. The maximum atomic E-state index is 12.0. The Labute approximate surface area is 112 Å². The van der Waals surface area contributed by atoms with Crippen molar-refractivity contribution in [2.45, 2.75) is 13.8 Å². The third-order valence-corrected chi connectivity index (χ3v) is 3.65. The van der Waals surface area contributed by atoms with Gasteiger partial charge >= 0.3 is 0 Å². The zero-order chi connectivity index (χ0) is 12.4. The van der Waals surface area contributed by atoms with Crippen LogP contribution < -0.4 is 5.32 Å². The fourth-order valence-electron chi connectivity index (χ4n) is 1.41. The van der Waals surface area contributed by atoms with E-state index in [1.165, 1.54) is 11.3 Å². The molecule has 1 heterocycles. The van der Waals surface area contributed by atoms with Crippen molar-refractivity contribution in [3.63, 3.8) is 0 Å². The number of carbonyl (C=O) groups is 1. The standard InChI is InChI=1S/C12H11BrN2OS/c1-7-3-4-9(13)5-10(7)11(16)15-12-14-8(2)6-17-12/h3-6H,1-2H3,(H,14,15,16). The summed E-state index contributed by atoms with van der Waals surface area (Å²) in [5.74, 6) is -0.127. The van der Waals surface area contributed by atoms with Crippen LogP contribution in [0.5, 0.6) is 0 Å². The number of aromatic nitrogens is 1. The minimum Gasteiger partial charge on any atom is -0.298 e. The smallest absolute Gasteiger partial charge is 0.257 e. The van der Waals surface area contributed by atoms with Gasteiger partial charge in [0.2, 0.25) is 0 Å². The number of thiazole rings is 1. The van der Waals surface area contributed by atoms with Crippen molar-refractivity contribution in [1.82, 2.24) is 4.98 Å². The Morgan fingerprint density at radius 3 is 2.82 bits per heavy atom. The lowest BCUT2D eigenvalue weighted by Crippen LogP contribution is -2.13. The van der Waals surface area contributed by atoms with Crippen LogP contribution in [0.1, 0.15) is 21.6 Å². The van der Waals surface area contributed by atoms with Crippen molar-refractivity contribution in [2.75, 3.05) is 5.32 Å². The number of nitrogens with zero attached hydrogens (tertiary/aromatic N) is 1. The topological polar surface area (TPSA) is 42.0 Å². The van der Waals surface area contributed by atoms with Crippen molar-refractivity contribution in [2.24, 2.45) is 0 Å². The summed E-state index contributed by atoms with van der Waals surface area (Å²) in [4.78, 5) is 16.2. The van der Waals surface area contributed by atoms with E-state index in [-0.39, 0.29) is 5.91 Å². The summed E-state index contributed by atoms with van der Waals surface area (Å²) >= 11 is 4.79. The zero-order valence-electron chi connectivity index (χ0n) is 9.45. The quantitative estimate of drug-likeness (QED) is 0.917. The van der Waals surface area contributed by atoms with Gasteiger partial charge in [0.05, 0.1) is 5.69 Å². The Morgan fingerprint density at radius 1 is 1.41 bits per heavy atom. The van der Waals surface area contributed by atoms with E-state index >= 15 is 0 Å². The first-order chi connectivity index (χ1) is 8.06. The number of benzene rings is 1. The Bertz CT molecular complexity index is 565. The monoisotopic (exact) mass is 310 g/mol. The van der Waals surface area contributed by atoms with E-state index in [0.717, 1.165) is 15.7 Å². The molecule has 5 heteroatoms. The molecule has 0 atom stereocenters. The maximum Gasteiger partial charge on any atom is 0.257 e. The summed E-state index contributed by atoms with van der Waals surface area (Å²) in [6.07, 6.45) is 0. The van der Waals surface area contributed by atoms with Crippen molar-refractivity contribution in [3.05, 3.63) is 44.9 Å². The number of carbonyl (C=O) groups excluding carboxylic acids is 1. The summed E-state index contributed by atoms with van der Waals surface area (Å²) in [5, 5.41) is 5.33. The molecule has 0 spiro atoms. The molecule has 0 aliphatic carbocycles. The highest BCUT2D eigenvalue weighted by atomic mass is 79.9. The molecular weight excluding hydrogens is 300 g/mol. The Hall–Kier alpha value is -1.20. The number of halogens is 1. The van der Waals surface area contributed by atoms with Gasteiger partial charge in [-0.1, -0.05) is 22.0 Å². The first-order valence-corrected chi connectivity index (χ1v) is 6.73. The highest BCUT2D eigenvalue weighted by Crippen LogP contribution is 2.19. The summed E-state index contributed by atoms with van der Waals surface area (Å²) in [6.45, 7) is 3.81. The predicted molar refractivity (Wildman–Crippen MR) is 73.7 cm³/mol. The maximum absolute atomic E-state index is 12.0. The van der Waals surface area contributed by atoms with Crippen LogP contribution in [0.15, 0.2) is 28.1 Å². The third kappa shape index (κ3) is 2.92. The second kappa shape index (κ2) is 4.98. The number of rotatable bonds is 2. The summed E-state index contributed by atoms with van der Waals surface area (Å²) in [5.41, 5.74) is 2.52. The number of anilines is 1. The molecular formula is C12H11BrN2OS. The van der Waals surface area contributed by atoms with Gasteiger partial charge in [-0.2, -0.15) is 0 Å². The molecule has 0 fully saturated rings. The van der Waals surface area contributed by atoms with Gasteiger partial charge in [-0.15, -0.1) is 11.3 Å². The van der Waals surface area contributed by atoms with E-state index in [1.807, 2.05) is 37.4 Å². The van der Waals surface area contributed by atoms with Gasteiger partial charge in [0, 0.05) is 15.4 Å². The molecule has 0 saturated heterocycles. The molecule has 2 rings (SSSR count). The number of hydrogen-bond acceptors (Lipinski definition) is 3. The first kappa shape index (κ1) is 12.3. The van der Waals surface area contributed by atoms with E-state index in [0.29, 0.717) is 10.7 Å². The molecule has 2 aromatic rings. The molecule has 0 bridgehead atoms. The second-order valence-electron chi connectivity index (χ2n) is 3.71. The predicted octanol–water partition coefficient (Wildman–Crippen LogP) is 3.77. The first-order valence-electron chi connectivity index (χ1n) is 5.06. The molecule has 0 radical (unpaired) electrons. The normalized spacial score (nSPS) is 10.3. The SMILES string of the molecule is Cc1csc(NC(=O)c2cc(Br)ccc2C)n1. The largest absolute Gasteiger partial charge is 0.298 e. The van der Waals surface area contributed by atoms with Gasteiger partial charge in [0.25, 0.3) is 5.91 Å². The fraction of sp³-hybridized carbons (Fsp3) is 0.167. The van der Waals surface area contributed by atoms with E-state index in [9.17, 15) is 4.79 Å². The molecule has 1 amide bonds. The number of aryl methyl sites for hydroxylation is 2. The molecule has 1 aromatic carbocycles. The van der Waals surface area contributed by atoms with Crippen LogP contribution in [-0.4, -0.2) is 10.9 Å². The Kier molecular flexibility index (Phi) is 3.59. The molecule has 88 valence electrons. The molecule has 0 saturated carbocycles. The number of nitrogens with one attached hydrogen (secondary N) is 1. The number of amides is 1. The Balaban J connectivity index is 2.22. The molecule has 0 aliphatic heterocycles. The van der Waals surface area contributed by atoms with E-state index < -0.39 is 0 Å². The zero-order valence-corrected chi connectivity index (χ0v) is 11.9. The Morgan fingerprint density at radius 2 is 2.18 bits per heavy atom. The molecule has 3 nitrogen and oxygen atoms in total. The van der Waals surface area contributed by atoms with E-state index in [2.05, 4.69) is 26.2 Å². The van der Waals surface area contributed by atoms with Crippen LogP contribution in [0.2, 0.25) is 0 Å².